The molecule has 1 aromatic rings. The monoisotopic (exact) mass is 372 g/mol. The first kappa shape index (κ1) is 19.4. The highest BCUT2D eigenvalue weighted by Crippen LogP contribution is 2.30. The molecule has 6 heteroatoms. The Morgan fingerprint density at radius 1 is 1.11 bits per heavy atom. The number of carbonyl (C=O) groups is 3. The molecular formula is C21H28N2O4. The van der Waals surface area contributed by atoms with Crippen LogP contribution in [0, 0.1) is 11.8 Å². The largest absolute Gasteiger partial charge is 0.481 e. The first-order valence-corrected chi connectivity index (χ1v) is 9.74. The van der Waals surface area contributed by atoms with Crippen LogP contribution in [0.5, 0.6) is 0 Å². The number of nitrogens with zero attached hydrogens (tertiary/aromatic N) is 2. The van der Waals surface area contributed by atoms with Crippen LogP contribution in [0.15, 0.2) is 24.3 Å². The molecule has 0 aliphatic carbocycles. The van der Waals surface area contributed by atoms with E-state index < -0.39 is 17.8 Å². The second-order valence-corrected chi connectivity index (χ2v) is 8.03. The number of carboxylic acids is 1. The van der Waals surface area contributed by atoms with Crippen molar-refractivity contribution in [1.82, 2.24) is 4.90 Å². The maximum atomic E-state index is 13.0. The molecule has 0 aromatic heterocycles. The van der Waals surface area contributed by atoms with Gasteiger partial charge in [-0.25, -0.2) is 0 Å². The quantitative estimate of drug-likeness (QED) is 0.825. The SMILES string of the molecule is CC(C)c1ccc(N2CCC(C(=O)N3CC(C(=O)O)CCC3C)C2=O)cc1. The third-order valence-corrected chi connectivity index (χ3v) is 5.89. The summed E-state index contributed by atoms with van der Waals surface area (Å²) in [6.45, 7) is 6.88. The standard InChI is InChI=1S/C21H28N2O4/c1-13(2)15-6-8-17(9-7-15)22-11-10-18(19(22)24)20(25)23-12-16(21(26)27)5-4-14(23)3/h6-9,13-14,16,18H,4-5,10-12H2,1-3H3,(H,26,27). The van der Waals surface area contributed by atoms with Gasteiger partial charge in [0.05, 0.1) is 5.92 Å². The molecule has 0 radical (unpaired) electrons. The number of piperidine rings is 1. The molecule has 3 atom stereocenters. The zero-order valence-electron chi connectivity index (χ0n) is 16.2. The van der Waals surface area contributed by atoms with E-state index in [-0.39, 0.29) is 24.4 Å². The first-order chi connectivity index (χ1) is 12.8. The fraction of sp³-hybridized carbons (Fsp3) is 0.571. The highest BCUT2D eigenvalue weighted by Gasteiger charge is 2.42. The lowest BCUT2D eigenvalue weighted by Crippen LogP contribution is -2.50. The van der Waals surface area contributed by atoms with Crippen molar-refractivity contribution in [2.24, 2.45) is 11.8 Å². The zero-order valence-corrected chi connectivity index (χ0v) is 16.2. The number of likely N-dealkylation sites (tertiary alicyclic amines) is 1. The molecule has 3 rings (SSSR count). The van der Waals surface area contributed by atoms with Crippen LogP contribution in [0.25, 0.3) is 0 Å². The molecule has 2 amide bonds. The lowest BCUT2D eigenvalue weighted by Gasteiger charge is -2.37. The van der Waals surface area contributed by atoms with E-state index in [1.807, 2.05) is 31.2 Å². The summed E-state index contributed by atoms with van der Waals surface area (Å²) in [4.78, 5) is 40.5. The number of hydrogen-bond donors (Lipinski definition) is 1. The summed E-state index contributed by atoms with van der Waals surface area (Å²) in [7, 11) is 0. The third kappa shape index (κ3) is 3.84. The molecule has 27 heavy (non-hydrogen) atoms. The number of hydrogen-bond acceptors (Lipinski definition) is 3. The normalized spacial score (nSPS) is 25.9. The maximum Gasteiger partial charge on any atom is 0.308 e. The van der Waals surface area contributed by atoms with Crippen LogP contribution in [0.4, 0.5) is 5.69 Å². The molecule has 0 spiro atoms. The van der Waals surface area contributed by atoms with E-state index in [1.165, 1.54) is 5.56 Å². The smallest absolute Gasteiger partial charge is 0.308 e. The third-order valence-electron chi connectivity index (χ3n) is 5.89. The van der Waals surface area contributed by atoms with E-state index in [2.05, 4.69) is 13.8 Å². The molecule has 146 valence electrons. The Kier molecular flexibility index (Phi) is 5.53. The first-order valence-electron chi connectivity index (χ1n) is 9.74. The molecule has 2 aliphatic rings. The van der Waals surface area contributed by atoms with Gasteiger partial charge in [-0.3, -0.25) is 14.4 Å². The second kappa shape index (κ2) is 7.71. The topological polar surface area (TPSA) is 77.9 Å². The number of benzene rings is 1. The van der Waals surface area contributed by atoms with Crippen LogP contribution in [0.1, 0.15) is 51.5 Å². The molecule has 6 nitrogen and oxygen atoms in total. The van der Waals surface area contributed by atoms with E-state index >= 15 is 0 Å². The lowest BCUT2D eigenvalue weighted by molar-refractivity contribution is -0.149. The fourth-order valence-corrected chi connectivity index (χ4v) is 4.02. The number of carboxylic acid groups (broad SMARTS) is 1. The van der Waals surface area contributed by atoms with E-state index in [0.717, 1.165) is 5.69 Å². The summed E-state index contributed by atoms with van der Waals surface area (Å²) in [5, 5.41) is 9.28. The fourth-order valence-electron chi connectivity index (χ4n) is 4.02. The minimum Gasteiger partial charge on any atom is -0.481 e. The number of amides is 2. The number of aliphatic carboxylic acids is 1. The van der Waals surface area contributed by atoms with Gasteiger partial charge in [0.2, 0.25) is 11.8 Å². The van der Waals surface area contributed by atoms with Gasteiger partial charge < -0.3 is 14.9 Å². The number of rotatable bonds is 4. The van der Waals surface area contributed by atoms with Crippen molar-refractivity contribution in [3.8, 4) is 0 Å². The van der Waals surface area contributed by atoms with Gasteiger partial charge >= 0.3 is 5.97 Å². The molecule has 1 aromatic carbocycles. The van der Waals surface area contributed by atoms with Gasteiger partial charge in [-0.05, 0) is 49.8 Å². The summed E-state index contributed by atoms with van der Waals surface area (Å²) < 4.78 is 0. The summed E-state index contributed by atoms with van der Waals surface area (Å²) in [6, 6.07) is 7.88. The Balaban J connectivity index is 1.72. The van der Waals surface area contributed by atoms with Crippen molar-refractivity contribution in [2.45, 2.75) is 52.0 Å². The van der Waals surface area contributed by atoms with Gasteiger partial charge in [-0.15, -0.1) is 0 Å². The second-order valence-electron chi connectivity index (χ2n) is 8.03. The molecule has 2 aliphatic heterocycles. The highest BCUT2D eigenvalue weighted by molar-refractivity contribution is 6.09. The molecular weight excluding hydrogens is 344 g/mol. The van der Waals surface area contributed by atoms with Crippen molar-refractivity contribution < 1.29 is 19.5 Å². The van der Waals surface area contributed by atoms with Crippen molar-refractivity contribution in [3.05, 3.63) is 29.8 Å². The summed E-state index contributed by atoms with van der Waals surface area (Å²) in [5.74, 6) is -2.09. The van der Waals surface area contributed by atoms with Crippen LogP contribution in [-0.4, -0.2) is 46.9 Å². The maximum absolute atomic E-state index is 13.0. The van der Waals surface area contributed by atoms with Crippen LogP contribution >= 0.6 is 0 Å². The van der Waals surface area contributed by atoms with Gasteiger partial charge in [0, 0.05) is 24.8 Å². The Morgan fingerprint density at radius 3 is 2.37 bits per heavy atom. The Bertz CT molecular complexity index is 728. The Labute approximate surface area is 160 Å². The van der Waals surface area contributed by atoms with E-state index in [4.69, 9.17) is 0 Å². The number of anilines is 1. The van der Waals surface area contributed by atoms with Gasteiger partial charge in [-0.1, -0.05) is 26.0 Å². The average Bonchev–Trinajstić information content (AvgIpc) is 3.02. The van der Waals surface area contributed by atoms with Crippen LogP contribution < -0.4 is 4.90 Å². The number of carbonyl (C=O) groups excluding carboxylic acids is 2. The molecule has 2 fully saturated rings. The van der Waals surface area contributed by atoms with Gasteiger partial charge in [0.25, 0.3) is 0 Å². The highest BCUT2D eigenvalue weighted by atomic mass is 16.4. The van der Waals surface area contributed by atoms with Crippen LogP contribution in [0.2, 0.25) is 0 Å². The summed E-state index contributed by atoms with van der Waals surface area (Å²) in [5.41, 5.74) is 2.02. The molecule has 3 unspecified atom stereocenters. The molecule has 2 saturated heterocycles. The van der Waals surface area contributed by atoms with Crippen molar-refractivity contribution in [3.63, 3.8) is 0 Å². The van der Waals surface area contributed by atoms with Gasteiger partial charge in [0.15, 0.2) is 0 Å². The van der Waals surface area contributed by atoms with Crippen molar-refractivity contribution in [1.29, 1.82) is 0 Å². The van der Waals surface area contributed by atoms with Gasteiger partial charge in [-0.2, -0.15) is 0 Å². The lowest BCUT2D eigenvalue weighted by atomic mass is 9.92. The van der Waals surface area contributed by atoms with Gasteiger partial charge in [0.1, 0.15) is 5.92 Å². The molecule has 0 saturated carbocycles. The van der Waals surface area contributed by atoms with Crippen molar-refractivity contribution >= 4 is 23.5 Å². The zero-order chi connectivity index (χ0) is 19.7. The molecule has 2 heterocycles. The molecule has 1 N–H and O–H groups in total. The van der Waals surface area contributed by atoms with E-state index in [9.17, 15) is 19.5 Å². The minimum absolute atomic E-state index is 0.0275. The Morgan fingerprint density at radius 2 is 1.78 bits per heavy atom. The van der Waals surface area contributed by atoms with Crippen LogP contribution in [-0.2, 0) is 14.4 Å². The predicted molar refractivity (Wildman–Crippen MR) is 103 cm³/mol. The molecule has 0 bridgehead atoms. The Hall–Kier alpha value is -2.37. The minimum atomic E-state index is -0.871. The van der Waals surface area contributed by atoms with E-state index in [0.29, 0.717) is 31.7 Å². The summed E-state index contributed by atoms with van der Waals surface area (Å²) in [6.07, 6.45) is 1.71. The van der Waals surface area contributed by atoms with E-state index in [1.54, 1.807) is 9.80 Å². The predicted octanol–water partition coefficient (Wildman–Crippen LogP) is 2.87. The summed E-state index contributed by atoms with van der Waals surface area (Å²) >= 11 is 0. The average molecular weight is 372 g/mol. The van der Waals surface area contributed by atoms with Crippen LogP contribution in [0.3, 0.4) is 0 Å². The van der Waals surface area contributed by atoms with Crippen molar-refractivity contribution in [2.75, 3.05) is 18.0 Å².